The number of rotatable bonds is 2. The summed E-state index contributed by atoms with van der Waals surface area (Å²) in [7, 11) is 1.72. The summed E-state index contributed by atoms with van der Waals surface area (Å²) >= 11 is 0. The summed E-state index contributed by atoms with van der Waals surface area (Å²) in [5.41, 5.74) is -1.13. The van der Waals surface area contributed by atoms with Crippen molar-refractivity contribution in [2.45, 2.75) is 12.3 Å². The number of carbonyl (C=O) groups is 1. The molecular weight excluding hydrogens is 232 g/mol. The van der Waals surface area contributed by atoms with Gasteiger partial charge in [-0.15, -0.1) is 0 Å². The highest BCUT2D eigenvalue weighted by Gasteiger charge is 2.63. The van der Waals surface area contributed by atoms with Gasteiger partial charge in [0.05, 0.1) is 12.0 Å². The van der Waals surface area contributed by atoms with E-state index in [1.54, 1.807) is 11.9 Å². The van der Waals surface area contributed by atoms with E-state index in [0.717, 1.165) is 4.90 Å². The normalized spacial score (nSPS) is 26.9. The Morgan fingerprint density at radius 2 is 2.06 bits per heavy atom. The molecule has 0 bridgehead atoms. The second kappa shape index (κ2) is 4.06. The van der Waals surface area contributed by atoms with Crippen molar-refractivity contribution in [1.82, 2.24) is 15.1 Å². The lowest BCUT2D eigenvalue weighted by Crippen LogP contribution is -2.71. The van der Waals surface area contributed by atoms with Crippen LogP contribution in [-0.2, 0) is 0 Å². The molecule has 0 radical (unpaired) electrons. The second-order valence-corrected chi connectivity index (χ2v) is 4.94. The van der Waals surface area contributed by atoms with E-state index in [1.807, 2.05) is 0 Å². The molecular formula is C10H17F2N3O2. The lowest BCUT2D eigenvalue weighted by molar-refractivity contribution is -0.217. The third-order valence-corrected chi connectivity index (χ3v) is 3.74. The number of carboxylic acid groups (broad SMARTS) is 1. The fraction of sp³-hybridized carbons (Fsp3) is 0.900. The zero-order valence-electron chi connectivity index (χ0n) is 9.75. The number of hydrogen-bond acceptors (Lipinski definition) is 3. The van der Waals surface area contributed by atoms with Gasteiger partial charge in [0.1, 0.15) is 0 Å². The number of amides is 1. The Labute approximate surface area is 98.4 Å². The first-order chi connectivity index (χ1) is 7.90. The summed E-state index contributed by atoms with van der Waals surface area (Å²) in [6, 6.07) is 0. The summed E-state index contributed by atoms with van der Waals surface area (Å²) < 4.78 is 28.1. The molecule has 17 heavy (non-hydrogen) atoms. The first kappa shape index (κ1) is 12.5. The summed E-state index contributed by atoms with van der Waals surface area (Å²) in [5, 5.41) is 11.6. The Morgan fingerprint density at radius 1 is 1.41 bits per heavy atom. The molecule has 0 saturated carbocycles. The Bertz CT molecular complexity index is 319. The average molecular weight is 249 g/mol. The van der Waals surface area contributed by atoms with Crippen LogP contribution in [0.4, 0.5) is 13.6 Å². The molecule has 2 aliphatic heterocycles. The average Bonchev–Trinajstić information content (AvgIpc) is 2.13. The Hall–Kier alpha value is -0.950. The largest absolute Gasteiger partial charge is 0.465 e. The van der Waals surface area contributed by atoms with Crippen LogP contribution in [0.2, 0.25) is 0 Å². The Kier molecular flexibility index (Phi) is 2.99. The molecule has 2 fully saturated rings. The molecule has 2 aliphatic rings. The van der Waals surface area contributed by atoms with E-state index in [-0.39, 0.29) is 19.6 Å². The van der Waals surface area contributed by atoms with Crippen molar-refractivity contribution in [2.24, 2.45) is 5.41 Å². The SMILES string of the molecule is CNCN1CCC2(CN(C(=O)O)C2)C(F)(F)C1. The van der Waals surface area contributed by atoms with Crippen molar-refractivity contribution in [3.05, 3.63) is 0 Å². The zero-order valence-corrected chi connectivity index (χ0v) is 9.75. The number of piperidine rings is 1. The standard InChI is InChI=1S/C10H17F2N3O2/c1-13-7-14-3-2-9(10(11,12)6-14)4-15(5-9)8(16)17/h13H,2-7H2,1H3,(H,16,17). The van der Waals surface area contributed by atoms with E-state index in [2.05, 4.69) is 5.32 Å². The predicted octanol–water partition coefficient (Wildman–Crippen LogP) is 0.484. The van der Waals surface area contributed by atoms with Gasteiger partial charge in [0.2, 0.25) is 0 Å². The molecule has 2 rings (SSSR count). The van der Waals surface area contributed by atoms with Crippen LogP contribution in [0.3, 0.4) is 0 Å². The molecule has 5 nitrogen and oxygen atoms in total. The molecule has 0 aromatic carbocycles. The van der Waals surface area contributed by atoms with E-state index in [1.165, 1.54) is 0 Å². The van der Waals surface area contributed by atoms with Crippen molar-refractivity contribution in [3.8, 4) is 0 Å². The van der Waals surface area contributed by atoms with Crippen LogP contribution < -0.4 is 5.32 Å². The predicted molar refractivity (Wildman–Crippen MR) is 57.1 cm³/mol. The summed E-state index contributed by atoms with van der Waals surface area (Å²) in [4.78, 5) is 13.4. The lowest BCUT2D eigenvalue weighted by atomic mass is 9.69. The van der Waals surface area contributed by atoms with Gasteiger partial charge >= 0.3 is 6.09 Å². The van der Waals surface area contributed by atoms with Crippen molar-refractivity contribution in [1.29, 1.82) is 0 Å². The molecule has 1 spiro atoms. The quantitative estimate of drug-likeness (QED) is 0.747. The fourth-order valence-corrected chi connectivity index (χ4v) is 2.65. The molecule has 0 aromatic rings. The molecule has 0 aliphatic carbocycles. The topological polar surface area (TPSA) is 55.8 Å². The maximum absolute atomic E-state index is 14.0. The van der Waals surface area contributed by atoms with Crippen LogP contribution in [0.1, 0.15) is 6.42 Å². The molecule has 2 heterocycles. The Morgan fingerprint density at radius 3 is 2.53 bits per heavy atom. The maximum Gasteiger partial charge on any atom is 0.407 e. The highest BCUT2D eigenvalue weighted by molar-refractivity contribution is 5.66. The number of nitrogens with zero attached hydrogens (tertiary/aromatic N) is 2. The smallest absolute Gasteiger partial charge is 0.407 e. The third kappa shape index (κ3) is 1.97. The van der Waals surface area contributed by atoms with Crippen LogP contribution in [0.5, 0.6) is 0 Å². The monoisotopic (exact) mass is 249 g/mol. The molecule has 0 aromatic heterocycles. The minimum Gasteiger partial charge on any atom is -0.465 e. The highest BCUT2D eigenvalue weighted by atomic mass is 19.3. The summed E-state index contributed by atoms with van der Waals surface area (Å²) in [5.74, 6) is -2.81. The van der Waals surface area contributed by atoms with Gasteiger partial charge in [0.25, 0.3) is 5.92 Å². The molecule has 0 unspecified atom stereocenters. The van der Waals surface area contributed by atoms with Gasteiger partial charge in [-0.05, 0) is 13.5 Å². The zero-order chi connectivity index (χ0) is 12.7. The maximum atomic E-state index is 14.0. The van der Waals surface area contributed by atoms with Crippen LogP contribution in [0.15, 0.2) is 0 Å². The number of halogens is 2. The lowest BCUT2D eigenvalue weighted by Gasteiger charge is -2.56. The Balaban J connectivity index is 2.00. The molecule has 0 atom stereocenters. The van der Waals surface area contributed by atoms with Crippen molar-refractivity contribution in [2.75, 3.05) is 39.9 Å². The van der Waals surface area contributed by atoms with Crippen molar-refractivity contribution >= 4 is 6.09 Å². The van der Waals surface area contributed by atoms with Crippen LogP contribution in [0, 0.1) is 5.41 Å². The van der Waals surface area contributed by atoms with Crippen LogP contribution in [0.25, 0.3) is 0 Å². The van der Waals surface area contributed by atoms with E-state index < -0.39 is 17.4 Å². The van der Waals surface area contributed by atoms with Gasteiger partial charge in [-0.1, -0.05) is 0 Å². The number of alkyl halides is 2. The van der Waals surface area contributed by atoms with E-state index in [4.69, 9.17) is 5.11 Å². The molecule has 2 N–H and O–H groups in total. The molecule has 2 saturated heterocycles. The van der Waals surface area contributed by atoms with Gasteiger partial charge < -0.3 is 15.3 Å². The fourth-order valence-electron chi connectivity index (χ4n) is 2.65. The van der Waals surface area contributed by atoms with Gasteiger partial charge in [-0.3, -0.25) is 4.90 Å². The summed E-state index contributed by atoms with van der Waals surface area (Å²) in [6.07, 6.45) is -0.755. The van der Waals surface area contributed by atoms with Crippen LogP contribution in [-0.4, -0.2) is 66.8 Å². The number of nitrogens with one attached hydrogen (secondary N) is 1. The van der Waals surface area contributed by atoms with Gasteiger partial charge in [0, 0.05) is 26.3 Å². The molecule has 1 amide bonds. The second-order valence-electron chi connectivity index (χ2n) is 4.94. The van der Waals surface area contributed by atoms with Gasteiger partial charge in [-0.25, -0.2) is 13.6 Å². The van der Waals surface area contributed by atoms with E-state index in [0.29, 0.717) is 19.6 Å². The minimum absolute atomic E-state index is 0.0390. The van der Waals surface area contributed by atoms with Gasteiger partial charge in [0.15, 0.2) is 0 Å². The van der Waals surface area contributed by atoms with Crippen molar-refractivity contribution < 1.29 is 18.7 Å². The number of likely N-dealkylation sites (tertiary alicyclic amines) is 2. The molecule has 98 valence electrons. The summed E-state index contributed by atoms with van der Waals surface area (Å²) in [6.45, 7) is 0.658. The minimum atomic E-state index is -2.81. The first-order valence-electron chi connectivity index (χ1n) is 5.63. The van der Waals surface area contributed by atoms with Crippen LogP contribution >= 0.6 is 0 Å². The molecule has 7 heteroatoms. The highest BCUT2D eigenvalue weighted by Crippen LogP contribution is 2.49. The third-order valence-electron chi connectivity index (χ3n) is 3.74. The van der Waals surface area contributed by atoms with Gasteiger partial charge in [-0.2, -0.15) is 0 Å². The van der Waals surface area contributed by atoms with E-state index in [9.17, 15) is 13.6 Å². The van der Waals surface area contributed by atoms with E-state index >= 15 is 0 Å². The van der Waals surface area contributed by atoms with Crippen molar-refractivity contribution in [3.63, 3.8) is 0 Å². The first-order valence-corrected chi connectivity index (χ1v) is 5.63. The number of hydrogen-bond donors (Lipinski definition) is 2.